The van der Waals surface area contributed by atoms with E-state index in [1.807, 2.05) is 79.9 Å². The first-order chi connectivity index (χ1) is 20.6. The quantitative estimate of drug-likeness (QED) is 0.234. The Bertz CT molecular complexity index is 1820. The lowest BCUT2D eigenvalue weighted by atomic mass is 10.0. The summed E-state index contributed by atoms with van der Waals surface area (Å²) in [6.45, 7) is 9.31. The van der Waals surface area contributed by atoms with Crippen molar-refractivity contribution in [3.63, 3.8) is 0 Å². The average molecular weight is 598 g/mol. The van der Waals surface area contributed by atoms with Crippen molar-refractivity contribution in [1.82, 2.24) is 24.2 Å². The molecule has 0 saturated carbocycles. The molecular weight excluding hydrogens is 562 g/mol. The highest BCUT2D eigenvalue weighted by molar-refractivity contribution is 6.30. The van der Waals surface area contributed by atoms with Crippen LogP contribution < -0.4 is 5.32 Å². The topological polar surface area (TPSA) is 80.9 Å². The number of nitrogens with one attached hydrogen (secondary N) is 1. The number of rotatable bonds is 5. The largest absolute Gasteiger partial charge is 0.444 e. The Morgan fingerprint density at radius 1 is 1.07 bits per heavy atom. The van der Waals surface area contributed by atoms with Gasteiger partial charge in [0.15, 0.2) is 0 Å². The number of halogens is 1. The molecule has 1 N–H and O–H groups in total. The van der Waals surface area contributed by atoms with Crippen molar-refractivity contribution < 1.29 is 14.3 Å². The van der Waals surface area contributed by atoms with Crippen LogP contribution in [-0.4, -0.2) is 55.6 Å². The number of hydrogen-bond donors (Lipinski definition) is 1. The summed E-state index contributed by atoms with van der Waals surface area (Å²) in [6, 6.07) is 22.0. The van der Waals surface area contributed by atoms with Gasteiger partial charge in [-0.3, -0.25) is 4.79 Å². The molecule has 4 heterocycles. The van der Waals surface area contributed by atoms with Crippen molar-refractivity contribution in [2.75, 3.05) is 13.1 Å². The second-order valence-electron chi connectivity index (χ2n) is 12.2. The Hall–Kier alpha value is -4.30. The van der Waals surface area contributed by atoms with Crippen LogP contribution >= 0.6 is 11.6 Å². The number of aryl methyl sites for hydroxylation is 1. The highest BCUT2D eigenvalue weighted by Gasteiger charge is 2.28. The van der Waals surface area contributed by atoms with Crippen molar-refractivity contribution in [3.05, 3.63) is 94.8 Å². The average Bonchev–Trinajstić information content (AvgIpc) is 3.49. The standard InChI is InChI=1S/C34H36ClN5O3/c1-22-31(29-18-24-8-5-6-10-28(24)40(29)20-23-11-13-26(35)14-12-23)37-30-19-25(15-17-39(22)30)32(41)38-16-7-9-27(21-38)36-33(42)43-34(2,3)4/h5-6,8,10-15,17-19,27H,7,9,16,20-21H2,1-4H3,(H,36,42)/t27-/m1/s1. The molecule has 1 saturated heterocycles. The van der Waals surface area contributed by atoms with Gasteiger partial charge in [0, 0.05) is 59.1 Å². The number of nitrogens with zero attached hydrogens (tertiary/aromatic N) is 4. The molecule has 9 heteroatoms. The minimum atomic E-state index is -0.574. The predicted octanol–water partition coefficient (Wildman–Crippen LogP) is 7.10. The highest BCUT2D eigenvalue weighted by Crippen LogP contribution is 2.32. The SMILES string of the molecule is Cc1c(-c2cc3ccccc3n2Cc2ccc(Cl)cc2)nc2cc(C(=O)N3CCC[C@@H](NC(=O)OC(C)(C)C)C3)ccn12. The zero-order valence-electron chi connectivity index (χ0n) is 24.9. The molecule has 0 spiro atoms. The van der Waals surface area contributed by atoms with Crippen LogP contribution in [0.1, 0.15) is 55.2 Å². The van der Waals surface area contributed by atoms with Crippen molar-refractivity contribution in [1.29, 1.82) is 0 Å². The number of benzene rings is 2. The molecule has 8 nitrogen and oxygen atoms in total. The van der Waals surface area contributed by atoms with Crippen LogP contribution in [-0.2, 0) is 11.3 Å². The van der Waals surface area contributed by atoms with Gasteiger partial charge in [-0.05, 0) is 82.5 Å². The molecule has 2 amide bonds. The molecule has 6 rings (SSSR count). The molecule has 1 aliphatic rings. The van der Waals surface area contributed by atoms with Crippen LogP contribution in [0.15, 0.2) is 72.9 Å². The molecule has 2 aromatic carbocycles. The molecule has 43 heavy (non-hydrogen) atoms. The Balaban J connectivity index is 1.28. The first kappa shape index (κ1) is 28.8. The van der Waals surface area contributed by atoms with Gasteiger partial charge >= 0.3 is 6.09 Å². The smallest absolute Gasteiger partial charge is 0.407 e. The summed E-state index contributed by atoms with van der Waals surface area (Å²) in [6.07, 6.45) is 3.07. The molecule has 1 fully saturated rings. The van der Waals surface area contributed by atoms with Crippen molar-refractivity contribution in [2.45, 2.75) is 58.7 Å². The summed E-state index contributed by atoms with van der Waals surface area (Å²) in [5.41, 5.74) is 5.85. The molecule has 0 unspecified atom stereocenters. The fraction of sp³-hybridized carbons (Fsp3) is 0.324. The van der Waals surface area contributed by atoms with Gasteiger partial charge in [0.1, 0.15) is 16.9 Å². The number of ether oxygens (including phenoxy) is 1. The number of para-hydroxylation sites is 1. The van der Waals surface area contributed by atoms with Crippen LogP contribution in [0.25, 0.3) is 27.9 Å². The molecule has 0 aliphatic carbocycles. The number of carbonyl (C=O) groups is 2. The summed E-state index contributed by atoms with van der Waals surface area (Å²) in [7, 11) is 0. The maximum Gasteiger partial charge on any atom is 0.407 e. The molecule has 5 aromatic rings. The first-order valence-electron chi connectivity index (χ1n) is 14.7. The summed E-state index contributed by atoms with van der Waals surface area (Å²) in [4.78, 5) is 32.8. The highest BCUT2D eigenvalue weighted by atomic mass is 35.5. The number of amides is 2. The van der Waals surface area contributed by atoms with E-state index >= 15 is 0 Å². The maximum atomic E-state index is 13.6. The Morgan fingerprint density at radius 2 is 1.84 bits per heavy atom. The minimum absolute atomic E-state index is 0.0720. The van der Waals surface area contributed by atoms with Gasteiger partial charge < -0.3 is 23.9 Å². The van der Waals surface area contributed by atoms with Crippen LogP contribution in [0.2, 0.25) is 5.02 Å². The van der Waals surface area contributed by atoms with Crippen molar-refractivity contribution in [2.24, 2.45) is 0 Å². The third-order valence-electron chi connectivity index (χ3n) is 7.85. The van der Waals surface area contributed by atoms with Gasteiger partial charge in [0.2, 0.25) is 0 Å². The number of carbonyl (C=O) groups excluding carboxylic acids is 2. The van der Waals surface area contributed by atoms with Gasteiger partial charge in [-0.25, -0.2) is 9.78 Å². The lowest BCUT2D eigenvalue weighted by molar-refractivity contribution is 0.0452. The predicted molar refractivity (Wildman–Crippen MR) is 170 cm³/mol. The number of pyridine rings is 1. The molecule has 222 valence electrons. The normalized spacial score (nSPS) is 15.7. The monoisotopic (exact) mass is 597 g/mol. The van der Waals surface area contributed by atoms with Crippen molar-refractivity contribution >= 4 is 40.2 Å². The molecule has 1 atom stereocenters. The lowest BCUT2D eigenvalue weighted by Crippen LogP contribution is -2.50. The summed E-state index contributed by atoms with van der Waals surface area (Å²) in [5.74, 6) is -0.0720. The van der Waals surface area contributed by atoms with E-state index in [4.69, 9.17) is 21.3 Å². The fourth-order valence-corrected chi connectivity index (χ4v) is 5.95. The van der Waals surface area contributed by atoms with Gasteiger partial charge in [-0.15, -0.1) is 0 Å². The van der Waals surface area contributed by atoms with Crippen molar-refractivity contribution in [3.8, 4) is 11.4 Å². The second kappa shape index (κ2) is 11.4. The third kappa shape index (κ3) is 6.11. The number of alkyl carbamates (subject to hydrolysis) is 1. The molecular formula is C34H36ClN5O3. The Kier molecular flexibility index (Phi) is 7.65. The molecule has 3 aromatic heterocycles. The van der Waals surface area contributed by atoms with E-state index in [-0.39, 0.29) is 11.9 Å². The van der Waals surface area contributed by atoms with E-state index in [0.717, 1.165) is 46.4 Å². The van der Waals surface area contributed by atoms with Crippen LogP contribution in [0, 0.1) is 6.92 Å². The van der Waals surface area contributed by atoms with E-state index in [1.54, 1.807) is 4.90 Å². The molecule has 0 bridgehead atoms. The van der Waals surface area contributed by atoms with E-state index in [9.17, 15) is 9.59 Å². The van der Waals surface area contributed by atoms with Gasteiger partial charge in [-0.1, -0.05) is 41.9 Å². The van der Waals surface area contributed by atoms with E-state index in [0.29, 0.717) is 35.9 Å². The summed E-state index contributed by atoms with van der Waals surface area (Å²) < 4.78 is 9.72. The number of piperidine rings is 1. The summed E-state index contributed by atoms with van der Waals surface area (Å²) in [5, 5.41) is 4.77. The second-order valence-corrected chi connectivity index (χ2v) is 12.7. The van der Waals surface area contributed by atoms with Gasteiger partial charge in [-0.2, -0.15) is 0 Å². The molecule has 0 radical (unpaired) electrons. The van der Waals surface area contributed by atoms with E-state index < -0.39 is 11.7 Å². The molecule has 1 aliphatic heterocycles. The van der Waals surface area contributed by atoms with Crippen LogP contribution in [0.5, 0.6) is 0 Å². The third-order valence-corrected chi connectivity index (χ3v) is 8.10. The zero-order chi connectivity index (χ0) is 30.3. The Morgan fingerprint density at radius 3 is 2.60 bits per heavy atom. The summed E-state index contributed by atoms with van der Waals surface area (Å²) >= 11 is 6.15. The van der Waals surface area contributed by atoms with Crippen LogP contribution in [0.4, 0.5) is 4.79 Å². The van der Waals surface area contributed by atoms with E-state index in [1.165, 1.54) is 0 Å². The number of aromatic nitrogens is 3. The number of fused-ring (bicyclic) bond motifs is 2. The fourth-order valence-electron chi connectivity index (χ4n) is 5.83. The number of likely N-dealkylation sites (tertiary alicyclic amines) is 1. The lowest BCUT2D eigenvalue weighted by Gasteiger charge is -2.33. The minimum Gasteiger partial charge on any atom is -0.444 e. The zero-order valence-corrected chi connectivity index (χ0v) is 25.7. The Labute approximate surface area is 256 Å². The van der Waals surface area contributed by atoms with E-state index in [2.05, 4.69) is 35.0 Å². The van der Waals surface area contributed by atoms with Gasteiger partial charge in [0.05, 0.1) is 5.69 Å². The first-order valence-corrected chi connectivity index (χ1v) is 15.0. The number of hydrogen-bond acceptors (Lipinski definition) is 4. The van der Waals surface area contributed by atoms with Gasteiger partial charge in [0.25, 0.3) is 5.91 Å². The number of imidazole rings is 1. The van der Waals surface area contributed by atoms with Crippen LogP contribution in [0.3, 0.4) is 0 Å². The maximum absolute atomic E-state index is 13.6.